The summed E-state index contributed by atoms with van der Waals surface area (Å²) in [6.07, 6.45) is 1.62. The van der Waals surface area contributed by atoms with E-state index in [1.165, 1.54) is 12.1 Å². The molecule has 1 saturated heterocycles. The van der Waals surface area contributed by atoms with Gasteiger partial charge in [-0.05, 0) is 37.1 Å². The van der Waals surface area contributed by atoms with Gasteiger partial charge in [0.15, 0.2) is 0 Å². The SMILES string of the molecule is CCN(CC(=O)O)C1CCN(CC(=O)NCc2cc(F)cc(F)c2)CC1.Cl. The lowest BCUT2D eigenvalue weighted by Crippen LogP contribution is -2.48. The first-order valence-electron chi connectivity index (χ1n) is 8.77. The standard InChI is InChI=1S/C18H25F2N3O3.ClH/c1-2-23(12-18(25)26)16-3-5-22(6-4-16)11-17(24)21-10-13-7-14(19)9-15(20)8-13;/h7-9,16H,2-6,10-12H2,1H3,(H,21,24)(H,25,26);1H. The maximum Gasteiger partial charge on any atom is 0.317 e. The molecule has 1 aliphatic rings. The monoisotopic (exact) mass is 405 g/mol. The van der Waals surface area contributed by atoms with Crippen molar-refractivity contribution in [2.24, 2.45) is 0 Å². The van der Waals surface area contributed by atoms with Gasteiger partial charge in [-0.3, -0.25) is 19.4 Å². The van der Waals surface area contributed by atoms with E-state index in [-0.39, 0.29) is 44.0 Å². The zero-order valence-electron chi connectivity index (χ0n) is 15.3. The number of hydrogen-bond donors (Lipinski definition) is 2. The molecule has 0 bridgehead atoms. The number of hydrogen-bond acceptors (Lipinski definition) is 4. The van der Waals surface area contributed by atoms with E-state index >= 15 is 0 Å². The van der Waals surface area contributed by atoms with Gasteiger partial charge < -0.3 is 10.4 Å². The second-order valence-electron chi connectivity index (χ2n) is 6.52. The van der Waals surface area contributed by atoms with Crippen LogP contribution in [0.1, 0.15) is 25.3 Å². The molecule has 6 nitrogen and oxygen atoms in total. The largest absolute Gasteiger partial charge is 0.480 e. The Labute approximate surface area is 163 Å². The van der Waals surface area contributed by atoms with Gasteiger partial charge in [0.25, 0.3) is 0 Å². The van der Waals surface area contributed by atoms with Crippen molar-refractivity contribution < 1.29 is 23.5 Å². The Morgan fingerprint density at radius 1 is 1.22 bits per heavy atom. The van der Waals surface area contributed by atoms with Crippen LogP contribution >= 0.6 is 12.4 Å². The molecule has 9 heteroatoms. The van der Waals surface area contributed by atoms with E-state index in [1.54, 1.807) is 0 Å². The third-order valence-corrected chi connectivity index (χ3v) is 4.60. The molecule has 1 amide bonds. The molecule has 0 unspecified atom stereocenters. The number of carbonyl (C=O) groups excluding carboxylic acids is 1. The van der Waals surface area contributed by atoms with Gasteiger partial charge in [0.2, 0.25) is 5.91 Å². The highest BCUT2D eigenvalue weighted by molar-refractivity contribution is 5.85. The Kier molecular flexibility index (Phi) is 9.62. The van der Waals surface area contributed by atoms with Gasteiger partial charge in [-0.2, -0.15) is 0 Å². The number of nitrogens with one attached hydrogen (secondary N) is 1. The molecule has 0 spiro atoms. The number of benzene rings is 1. The van der Waals surface area contributed by atoms with Gasteiger partial charge >= 0.3 is 5.97 Å². The smallest absolute Gasteiger partial charge is 0.317 e. The minimum atomic E-state index is -0.831. The summed E-state index contributed by atoms with van der Waals surface area (Å²) in [5.41, 5.74) is 0.377. The highest BCUT2D eigenvalue weighted by atomic mass is 35.5. The molecule has 0 saturated carbocycles. The van der Waals surface area contributed by atoms with Crippen LogP contribution in [-0.2, 0) is 16.1 Å². The summed E-state index contributed by atoms with van der Waals surface area (Å²) < 4.78 is 26.3. The molecule has 1 fully saturated rings. The number of carbonyl (C=O) groups is 2. The number of nitrogens with zero attached hydrogens (tertiary/aromatic N) is 2. The van der Waals surface area contributed by atoms with Gasteiger partial charge in [0, 0.05) is 31.7 Å². The fourth-order valence-corrected chi connectivity index (χ4v) is 3.29. The normalized spacial score (nSPS) is 15.4. The van der Waals surface area contributed by atoms with Crippen LogP contribution in [0.2, 0.25) is 0 Å². The lowest BCUT2D eigenvalue weighted by atomic mass is 10.0. The summed E-state index contributed by atoms with van der Waals surface area (Å²) >= 11 is 0. The van der Waals surface area contributed by atoms with Gasteiger partial charge in [-0.1, -0.05) is 6.92 Å². The van der Waals surface area contributed by atoms with Crippen molar-refractivity contribution in [3.05, 3.63) is 35.4 Å². The maximum atomic E-state index is 13.1. The molecule has 27 heavy (non-hydrogen) atoms. The molecule has 1 aromatic carbocycles. The van der Waals surface area contributed by atoms with E-state index in [4.69, 9.17) is 5.11 Å². The summed E-state index contributed by atoms with van der Waals surface area (Å²) in [4.78, 5) is 26.9. The fourth-order valence-electron chi connectivity index (χ4n) is 3.29. The molecular formula is C18H26ClF2N3O3. The summed E-state index contributed by atoms with van der Waals surface area (Å²) in [7, 11) is 0. The second-order valence-corrected chi connectivity index (χ2v) is 6.52. The summed E-state index contributed by atoms with van der Waals surface area (Å²) in [6.45, 7) is 4.37. The molecule has 0 aromatic heterocycles. The molecule has 1 aliphatic heterocycles. The average Bonchev–Trinajstić information content (AvgIpc) is 2.58. The lowest BCUT2D eigenvalue weighted by molar-refractivity contribution is -0.139. The number of aliphatic carboxylic acids is 1. The first-order valence-corrected chi connectivity index (χ1v) is 8.77. The number of likely N-dealkylation sites (N-methyl/N-ethyl adjacent to an activating group) is 1. The van der Waals surface area contributed by atoms with Crippen LogP contribution in [0, 0.1) is 11.6 Å². The molecular weight excluding hydrogens is 380 g/mol. The Morgan fingerprint density at radius 3 is 2.33 bits per heavy atom. The van der Waals surface area contributed by atoms with Gasteiger partial charge in [0.1, 0.15) is 11.6 Å². The van der Waals surface area contributed by atoms with Gasteiger partial charge in [-0.25, -0.2) is 8.78 Å². The van der Waals surface area contributed by atoms with Crippen molar-refractivity contribution in [2.45, 2.75) is 32.4 Å². The minimum absolute atomic E-state index is 0. The molecule has 0 radical (unpaired) electrons. The molecule has 0 atom stereocenters. The predicted molar refractivity (Wildman–Crippen MR) is 99.8 cm³/mol. The van der Waals surface area contributed by atoms with E-state index in [0.29, 0.717) is 25.2 Å². The summed E-state index contributed by atoms with van der Waals surface area (Å²) in [5, 5.41) is 11.6. The van der Waals surface area contributed by atoms with E-state index in [1.807, 2.05) is 16.7 Å². The van der Waals surface area contributed by atoms with Crippen LogP contribution < -0.4 is 5.32 Å². The number of carboxylic acids is 1. The van der Waals surface area contributed by atoms with E-state index < -0.39 is 17.6 Å². The van der Waals surface area contributed by atoms with E-state index in [0.717, 1.165) is 18.9 Å². The van der Waals surface area contributed by atoms with Crippen LogP contribution in [-0.4, -0.2) is 65.5 Å². The molecule has 152 valence electrons. The fraction of sp³-hybridized carbons (Fsp3) is 0.556. The Bertz CT molecular complexity index is 620. The number of amides is 1. The highest BCUT2D eigenvalue weighted by Gasteiger charge is 2.25. The summed E-state index contributed by atoms with van der Waals surface area (Å²) in [5.74, 6) is -2.37. The highest BCUT2D eigenvalue weighted by Crippen LogP contribution is 2.16. The predicted octanol–water partition coefficient (Wildman–Crippen LogP) is 1.87. The van der Waals surface area contributed by atoms with E-state index in [9.17, 15) is 18.4 Å². The van der Waals surface area contributed by atoms with Crippen molar-refractivity contribution in [3.63, 3.8) is 0 Å². The van der Waals surface area contributed by atoms with Crippen LogP contribution in [0.25, 0.3) is 0 Å². The number of piperidine rings is 1. The number of halogens is 3. The Morgan fingerprint density at radius 2 is 1.81 bits per heavy atom. The topological polar surface area (TPSA) is 72.9 Å². The summed E-state index contributed by atoms with van der Waals surface area (Å²) in [6, 6.07) is 3.39. The number of carboxylic acid groups (broad SMARTS) is 1. The van der Waals surface area contributed by atoms with Crippen molar-refractivity contribution in [1.29, 1.82) is 0 Å². The van der Waals surface area contributed by atoms with Crippen LogP contribution in [0.3, 0.4) is 0 Å². The van der Waals surface area contributed by atoms with Crippen molar-refractivity contribution in [3.8, 4) is 0 Å². The molecule has 1 heterocycles. The average molecular weight is 406 g/mol. The number of likely N-dealkylation sites (tertiary alicyclic amines) is 1. The van der Waals surface area contributed by atoms with Gasteiger partial charge in [0.05, 0.1) is 13.1 Å². The van der Waals surface area contributed by atoms with Crippen molar-refractivity contribution >= 4 is 24.3 Å². The zero-order chi connectivity index (χ0) is 19.1. The quantitative estimate of drug-likeness (QED) is 0.690. The zero-order valence-corrected chi connectivity index (χ0v) is 16.1. The van der Waals surface area contributed by atoms with Crippen molar-refractivity contribution in [1.82, 2.24) is 15.1 Å². The third kappa shape index (κ3) is 7.78. The van der Waals surface area contributed by atoms with Crippen molar-refractivity contribution in [2.75, 3.05) is 32.7 Å². The third-order valence-electron chi connectivity index (χ3n) is 4.60. The first-order chi connectivity index (χ1) is 12.4. The first kappa shape index (κ1) is 23.3. The van der Waals surface area contributed by atoms with E-state index in [2.05, 4.69) is 5.32 Å². The minimum Gasteiger partial charge on any atom is -0.480 e. The van der Waals surface area contributed by atoms with Gasteiger partial charge in [-0.15, -0.1) is 12.4 Å². The molecule has 1 aromatic rings. The number of rotatable bonds is 8. The molecule has 0 aliphatic carbocycles. The lowest BCUT2D eigenvalue weighted by Gasteiger charge is -2.37. The van der Waals surface area contributed by atoms with Crippen LogP contribution in [0.15, 0.2) is 18.2 Å². The Hall–Kier alpha value is -1.77. The second kappa shape index (κ2) is 11.2. The van der Waals surface area contributed by atoms with Crippen LogP contribution in [0.5, 0.6) is 0 Å². The Balaban J connectivity index is 0.00000364. The van der Waals surface area contributed by atoms with Crippen LogP contribution in [0.4, 0.5) is 8.78 Å². The molecule has 2 N–H and O–H groups in total. The maximum absolute atomic E-state index is 13.1. The molecule has 2 rings (SSSR count).